The van der Waals surface area contributed by atoms with Crippen LogP contribution in [0, 0.1) is 5.41 Å². The van der Waals surface area contributed by atoms with Gasteiger partial charge in [-0.05, 0) is 63.4 Å². The van der Waals surface area contributed by atoms with Crippen LogP contribution in [0.3, 0.4) is 0 Å². The molecule has 1 aliphatic rings. The van der Waals surface area contributed by atoms with Crippen molar-refractivity contribution in [2.24, 2.45) is 5.41 Å². The van der Waals surface area contributed by atoms with Crippen LogP contribution in [0.2, 0.25) is 10.0 Å². The molecule has 1 heterocycles. The Morgan fingerprint density at radius 3 is 2.22 bits per heavy atom. The van der Waals surface area contributed by atoms with Crippen LogP contribution in [0.4, 0.5) is 27.6 Å². The molecule has 0 aliphatic carbocycles. The Morgan fingerprint density at radius 1 is 1.02 bits per heavy atom. The fourth-order valence-corrected chi connectivity index (χ4v) is 4.62. The van der Waals surface area contributed by atoms with E-state index < -0.39 is 54.4 Å². The zero-order valence-corrected chi connectivity index (χ0v) is 26.9. The van der Waals surface area contributed by atoms with Gasteiger partial charge in [0.25, 0.3) is 18.2 Å². The Balaban J connectivity index is 0.00000345. The number of anilines is 1. The number of nitrogens with one attached hydrogen (secondary N) is 3. The molecule has 1 saturated heterocycles. The summed E-state index contributed by atoms with van der Waals surface area (Å²) < 4.78 is 75.8. The monoisotopic (exact) mass is 683 g/mol. The summed E-state index contributed by atoms with van der Waals surface area (Å²) in [6.45, 7) is 6.73. The first kappa shape index (κ1) is 38.0. The molecule has 2 aromatic carbocycles. The lowest BCUT2D eigenvalue weighted by Crippen LogP contribution is -2.49. The van der Waals surface area contributed by atoms with E-state index in [0.717, 1.165) is 13.8 Å². The maximum absolute atomic E-state index is 13.2. The quantitative estimate of drug-likeness (QED) is 0.226. The molecule has 8 nitrogen and oxygen atoms in total. The normalized spacial score (nSPS) is 14.6. The van der Waals surface area contributed by atoms with E-state index in [2.05, 4.69) is 16.0 Å². The standard InChI is InChI=1S/C28H30Cl2F5N3O5.C2H6/c1-26(2,28(33,34)35)25(41)36-13-15-4-6-18(29)21(22(15)30)24(40)37-16-5-7-19(43-14-20(31)32)17(12-16)23(39)38-27(3)8-10-42-11-9-27;1-2/h4-7,12,20H,8-11,13-14H2,1-3H3,(H,36,41)(H,37,40)(H,38,39);1-2H3. The van der Waals surface area contributed by atoms with Gasteiger partial charge in [-0.25, -0.2) is 8.78 Å². The number of amides is 3. The lowest BCUT2D eigenvalue weighted by Gasteiger charge is -2.34. The molecule has 0 unspecified atom stereocenters. The molecule has 15 heteroatoms. The zero-order valence-electron chi connectivity index (χ0n) is 25.4. The number of hydrogen-bond acceptors (Lipinski definition) is 5. The minimum atomic E-state index is -4.80. The smallest absolute Gasteiger partial charge is 0.402 e. The third-order valence-electron chi connectivity index (χ3n) is 6.97. The number of ether oxygens (including phenoxy) is 2. The molecule has 0 saturated carbocycles. The highest BCUT2D eigenvalue weighted by Crippen LogP contribution is 2.38. The van der Waals surface area contributed by atoms with E-state index >= 15 is 0 Å². The number of benzene rings is 2. The third-order valence-corrected chi connectivity index (χ3v) is 7.72. The molecule has 0 spiro atoms. The zero-order chi connectivity index (χ0) is 34.2. The van der Waals surface area contributed by atoms with Crippen LogP contribution in [-0.4, -0.2) is 55.7 Å². The van der Waals surface area contributed by atoms with Crippen molar-refractivity contribution in [1.29, 1.82) is 0 Å². The lowest BCUT2D eigenvalue weighted by atomic mass is 9.91. The first-order valence-corrected chi connectivity index (χ1v) is 14.8. The Morgan fingerprint density at radius 2 is 1.64 bits per heavy atom. The van der Waals surface area contributed by atoms with E-state index in [1.165, 1.54) is 30.3 Å². The number of halogens is 7. The summed E-state index contributed by atoms with van der Waals surface area (Å²) in [6, 6.07) is 6.43. The summed E-state index contributed by atoms with van der Waals surface area (Å²) in [6.07, 6.45) is -6.57. The van der Waals surface area contributed by atoms with E-state index in [4.69, 9.17) is 32.7 Å². The number of alkyl halides is 5. The largest absolute Gasteiger partial charge is 0.487 e. The van der Waals surface area contributed by atoms with Crippen molar-refractivity contribution in [1.82, 2.24) is 10.6 Å². The SMILES string of the molecule is CC.CC1(NC(=O)c2cc(NC(=O)c3c(Cl)ccc(CNC(=O)C(C)(C)C(F)(F)F)c3Cl)ccc2OCC(F)F)CCOCC1. The molecule has 250 valence electrons. The van der Waals surface area contributed by atoms with Crippen molar-refractivity contribution in [2.75, 3.05) is 25.1 Å². The number of carbonyl (C=O) groups is 3. The third kappa shape index (κ3) is 9.91. The minimum absolute atomic E-state index is 0.0643. The van der Waals surface area contributed by atoms with Crippen LogP contribution in [0.5, 0.6) is 5.75 Å². The number of rotatable bonds is 10. The van der Waals surface area contributed by atoms with E-state index in [0.29, 0.717) is 26.1 Å². The summed E-state index contributed by atoms with van der Waals surface area (Å²) >= 11 is 12.6. The van der Waals surface area contributed by atoms with Crippen molar-refractivity contribution in [2.45, 2.75) is 72.1 Å². The number of carbonyl (C=O) groups excluding carboxylic acids is 3. The summed E-state index contributed by atoms with van der Waals surface area (Å²) in [5.74, 6) is -2.91. The molecular formula is C30H36Cl2F5N3O5. The Hall–Kier alpha value is -3.16. The summed E-state index contributed by atoms with van der Waals surface area (Å²) in [5.41, 5.74) is -3.49. The highest BCUT2D eigenvalue weighted by molar-refractivity contribution is 6.40. The van der Waals surface area contributed by atoms with Crippen LogP contribution in [0.1, 0.15) is 73.7 Å². The highest BCUT2D eigenvalue weighted by atomic mass is 35.5. The molecule has 0 bridgehead atoms. The van der Waals surface area contributed by atoms with Gasteiger partial charge in [0.2, 0.25) is 5.91 Å². The fourth-order valence-electron chi connectivity index (χ4n) is 4.01. The molecule has 0 radical (unpaired) electrons. The fraction of sp³-hybridized carbons (Fsp3) is 0.500. The van der Waals surface area contributed by atoms with Crippen LogP contribution in [-0.2, 0) is 16.1 Å². The Kier molecular flexibility index (Phi) is 13.4. The van der Waals surface area contributed by atoms with Crippen LogP contribution in [0.25, 0.3) is 0 Å². The topological polar surface area (TPSA) is 106 Å². The van der Waals surface area contributed by atoms with Gasteiger partial charge in [-0.3, -0.25) is 14.4 Å². The molecule has 0 aromatic heterocycles. The molecular weight excluding hydrogens is 648 g/mol. The molecule has 0 atom stereocenters. The lowest BCUT2D eigenvalue weighted by molar-refractivity contribution is -0.211. The molecule has 3 amide bonds. The summed E-state index contributed by atoms with van der Waals surface area (Å²) in [4.78, 5) is 38.6. The van der Waals surface area contributed by atoms with Crippen molar-refractivity contribution in [3.63, 3.8) is 0 Å². The van der Waals surface area contributed by atoms with E-state index in [9.17, 15) is 36.3 Å². The first-order valence-electron chi connectivity index (χ1n) is 14.0. The molecule has 3 N–H and O–H groups in total. The van der Waals surface area contributed by atoms with Crippen molar-refractivity contribution < 1.29 is 45.8 Å². The van der Waals surface area contributed by atoms with Gasteiger partial charge in [0.1, 0.15) is 17.8 Å². The maximum atomic E-state index is 13.2. The maximum Gasteiger partial charge on any atom is 0.402 e. The van der Waals surface area contributed by atoms with Crippen molar-refractivity contribution >= 4 is 46.6 Å². The molecule has 3 rings (SSSR count). The Labute approximate surface area is 268 Å². The first-order chi connectivity index (χ1) is 20.9. The van der Waals surface area contributed by atoms with Gasteiger partial charge in [-0.2, -0.15) is 13.2 Å². The van der Waals surface area contributed by atoms with Crippen LogP contribution in [0.15, 0.2) is 30.3 Å². The second kappa shape index (κ2) is 15.9. The molecule has 45 heavy (non-hydrogen) atoms. The average molecular weight is 685 g/mol. The van der Waals surface area contributed by atoms with Gasteiger partial charge in [-0.15, -0.1) is 0 Å². The van der Waals surface area contributed by atoms with Crippen LogP contribution >= 0.6 is 23.2 Å². The van der Waals surface area contributed by atoms with E-state index in [1.54, 1.807) is 0 Å². The summed E-state index contributed by atoms with van der Waals surface area (Å²) in [7, 11) is 0. The second-order valence-electron chi connectivity index (χ2n) is 10.7. The number of hydrogen-bond donors (Lipinski definition) is 3. The van der Waals surface area contributed by atoms with Gasteiger partial charge in [-0.1, -0.05) is 43.1 Å². The van der Waals surface area contributed by atoms with Crippen molar-refractivity contribution in [3.8, 4) is 5.75 Å². The van der Waals surface area contributed by atoms with E-state index in [-0.39, 0.29) is 38.2 Å². The van der Waals surface area contributed by atoms with Crippen LogP contribution < -0.4 is 20.7 Å². The predicted molar refractivity (Wildman–Crippen MR) is 161 cm³/mol. The predicted octanol–water partition coefficient (Wildman–Crippen LogP) is 7.42. The second-order valence-corrected chi connectivity index (χ2v) is 11.5. The molecule has 1 aliphatic heterocycles. The van der Waals surface area contributed by atoms with Gasteiger partial charge in [0, 0.05) is 31.0 Å². The summed E-state index contributed by atoms with van der Waals surface area (Å²) in [5, 5.41) is 7.24. The van der Waals surface area contributed by atoms with Gasteiger partial charge >= 0.3 is 6.18 Å². The minimum Gasteiger partial charge on any atom is -0.487 e. The Bertz CT molecular complexity index is 1370. The van der Waals surface area contributed by atoms with E-state index in [1.807, 2.05) is 20.8 Å². The van der Waals surface area contributed by atoms with Gasteiger partial charge in [0.15, 0.2) is 0 Å². The van der Waals surface area contributed by atoms with Gasteiger partial charge in [0.05, 0.1) is 21.2 Å². The van der Waals surface area contributed by atoms with Gasteiger partial charge < -0.3 is 25.4 Å². The highest BCUT2D eigenvalue weighted by Gasteiger charge is 2.52. The van der Waals surface area contributed by atoms with Crippen molar-refractivity contribution in [3.05, 3.63) is 57.1 Å². The molecule has 2 aromatic rings. The average Bonchev–Trinajstić information content (AvgIpc) is 2.96. The molecule has 1 fully saturated rings.